The summed E-state index contributed by atoms with van der Waals surface area (Å²) in [6.07, 6.45) is 1.42. The van der Waals surface area contributed by atoms with E-state index in [4.69, 9.17) is 11.6 Å². The number of hydrogen-bond donors (Lipinski definition) is 1. The molecule has 0 saturated carbocycles. The third-order valence-corrected chi connectivity index (χ3v) is 6.38. The zero-order valence-electron chi connectivity index (χ0n) is 17.4. The number of thioether (sulfide) groups is 1. The number of hydrogen-bond acceptors (Lipinski definition) is 3. The van der Waals surface area contributed by atoms with Gasteiger partial charge in [-0.25, -0.2) is 0 Å². The lowest BCUT2D eigenvalue weighted by atomic mass is 10.1. The smallest absolute Gasteiger partial charge is 0.242 e. The van der Waals surface area contributed by atoms with Gasteiger partial charge in [0.1, 0.15) is 6.04 Å². The molecular formula is C23H28BrClN2O2S. The Balaban J connectivity index is 2.09. The highest BCUT2D eigenvalue weighted by atomic mass is 79.9. The van der Waals surface area contributed by atoms with Gasteiger partial charge in [-0.15, -0.1) is 11.8 Å². The fraction of sp³-hybridized carbons (Fsp3) is 0.391. The van der Waals surface area contributed by atoms with Crippen molar-refractivity contribution in [2.45, 2.75) is 45.0 Å². The van der Waals surface area contributed by atoms with Crippen LogP contribution in [0.5, 0.6) is 0 Å². The fourth-order valence-corrected chi connectivity index (χ4v) is 4.25. The maximum atomic E-state index is 13.1. The Hall–Kier alpha value is -1.50. The first-order valence-electron chi connectivity index (χ1n) is 10.1. The van der Waals surface area contributed by atoms with E-state index in [9.17, 15) is 9.59 Å². The van der Waals surface area contributed by atoms with E-state index in [1.54, 1.807) is 28.8 Å². The van der Waals surface area contributed by atoms with Crippen molar-refractivity contribution in [3.05, 3.63) is 69.2 Å². The first kappa shape index (κ1) is 24.8. The Labute approximate surface area is 196 Å². The van der Waals surface area contributed by atoms with E-state index in [-0.39, 0.29) is 11.8 Å². The number of amides is 2. The van der Waals surface area contributed by atoms with Crippen LogP contribution in [0.3, 0.4) is 0 Å². The monoisotopic (exact) mass is 510 g/mol. The molecule has 2 rings (SSSR count). The number of nitrogens with zero attached hydrogens (tertiary/aromatic N) is 1. The molecule has 2 aromatic rings. The van der Waals surface area contributed by atoms with Crippen LogP contribution >= 0.6 is 39.3 Å². The lowest BCUT2D eigenvalue weighted by molar-refractivity contribution is -0.139. The summed E-state index contributed by atoms with van der Waals surface area (Å²) >= 11 is 11.0. The molecule has 30 heavy (non-hydrogen) atoms. The molecule has 1 atom stereocenters. The lowest BCUT2D eigenvalue weighted by Gasteiger charge is -2.30. The summed E-state index contributed by atoms with van der Waals surface area (Å²) in [5.74, 6) is 0.929. The zero-order valence-corrected chi connectivity index (χ0v) is 20.5. The molecule has 0 aliphatic heterocycles. The molecule has 4 nitrogen and oxygen atoms in total. The molecule has 0 bridgehead atoms. The van der Waals surface area contributed by atoms with Gasteiger partial charge in [0.25, 0.3) is 0 Å². The van der Waals surface area contributed by atoms with Crippen LogP contribution in [-0.2, 0) is 21.9 Å². The van der Waals surface area contributed by atoms with Crippen LogP contribution in [0.4, 0.5) is 0 Å². The summed E-state index contributed by atoms with van der Waals surface area (Å²) in [4.78, 5) is 27.5. The van der Waals surface area contributed by atoms with Gasteiger partial charge >= 0.3 is 0 Å². The van der Waals surface area contributed by atoms with E-state index in [0.717, 1.165) is 27.8 Å². The van der Waals surface area contributed by atoms with Crippen molar-refractivity contribution in [1.82, 2.24) is 10.2 Å². The molecule has 0 aromatic heterocycles. The highest BCUT2D eigenvalue weighted by Crippen LogP contribution is 2.19. The van der Waals surface area contributed by atoms with Crippen molar-refractivity contribution < 1.29 is 9.59 Å². The van der Waals surface area contributed by atoms with Gasteiger partial charge in [0.15, 0.2) is 0 Å². The van der Waals surface area contributed by atoms with Gasteiger partial charge in [-0.05, 0) is 48.2 Å². The number of halogens is 2. The Morgan fingerprint density at radius 1 is 1.07 bits per heavy atom. The Morgan fingerprint density at radius 3 is 2.30 bits per heavy atom. The van der Waals surface area contributed by atoms with Crippen LogP contribution < -0.4 is 5.32 Å². The second-order valence-corrected chi connectivity index (χ2v) is 9.32. The normalized spacial score (nSPS) is 11.7. The first-order chi connectivity index (χ1) is 14.4. The Bertz CT molecular complexity index is 815. The Kier molecular flexibility index (Phi) is 10.8. The minimum absolute atomic E-state index is 0.0365. The van der Waals surface area contributed by atoms with Crippen LogP contribution in [0.2, 0.25) is 5.02 Å². The highest BCUT2D eigenvalue weighted by Gasteiger charge is 2.28. The largest absolute Gasteiger partial charge is 0.354 e. The van der Waals surface area contributed by atoms with E-state index in [2.05, 4.69) is 21.2 Å². The molecule has 0 spiro atoms. The molecule has 0 aliphatic rings. The summed E-state index contributed by atoms with van der Waals surface area (Å²) in [6, 6.07) is 15.0. The van der Waals surface area contributed by atoms with Crippen molar-refractivity contribution in [2.75, 3.05) is 12.3 Å². The predicted molar refractivity (Wildman–Crippen MR) is 130 cm³/mol. The number of benzene rings is 2. The van der Waals surface area contributed by atoms with Crippen molar-refractivity contribution >= 4 is 51.1 Å². The van der Waals surface area contributed by atoms with Crippen molar-refractivity contribution in [2.24, 2.45) is 0 Å². The van der Waals surface area contributed by atoms with Gasteiger partial charge in [-0.3, -0.25) is 9.59 Å². The summed E-state index contributed by atoms with van der Waals surface area (Å²) in [5, 5.41) is 3.58. The molecule has 162 valence electrons. The lowest BCUT2D eigenvalue weighted by Crippen LogP contribution is -2.49. The van der Waals surface area contributed by atoms with E-state index >= 15 is 0 Å². The van der Waals surface area contributed by atoms with Gasteiger partial charge < -0.3 is 10.2 Å². The maximum absolute atomic E-state index is 13.1. The van der Waals surface area contributed by atoms with Crippen LogP contribution in [0.25, 0.3) is 0 Å². The highest BCUT2D eigenvalue weighted by molar-refractivity contribution is 9.10. The summed E-state index contributed by atoms with van der Waals surface area (Å²) in [7, 11) is 0. The third kappa shape index (κ3) is 7.97. The van der Waals surface area contributed by atoms with Crippen molar-refractivity contribution in [3.63, 3.8) is 0 Å². The summed E-state index contributed by atoms with van der Waals surface area (Å²) < 4.78 is 1.03. The quantitative estimate of drug-likeness (QED) is 0.423. The SMILES string of the molecule is CCCNC(=O)[C@@H](CC)N(Cc1ccc(Cl)cc1)C(=O)CSCc1ccc(Br)cc1. The molecule has 1 N–H and O–H groups in total. The second kappa shape index (κ2) is 13.0. The van der Waals surface area contributed by atoms with Crippen molar-refractivity contribution in [1.29, 1.82) is 0 Å². The molecule has 2 aromatic carbocycles. The number of carbonyl (C=O) groups is 2. The van der Waals surface area contributed by atoms with E-state index < -0.39 is 6.04 Å². The molecule has 0 saturated heterocycles. The maximum Gasteiger partial charge on any atom is 0.242 e. The number of rotatable bonds is 11. The Morgan fingerprint density at radius 2 is 1.70 bits per heavy atom. The van der Waals surface area contributed by atoms with Crippen LogP contribution in [-0.4, -0.2) is 35.1 Å². The molecule has 0 heterocycles. The van der Waals surface area contributed by atoms with Gasteiger partial charge in [-0.2, -0.15) is 0 Å². The van der Waals surface area contributed by atoms with E-state index in [0.29, 0.717) is 30.3 Å². The van der Waals surface area contributed by atoms with Crippen LogP contribution in [0.1, 0.15) is 37.8 Å². The summed E-state index contributed by atoms with van der Waals surface area (Å²) in [5.41, 5.74) is 2.11. The second-order valence-electron chi connectivity index (χ2n) is 6.98. The predicted octanol–water partition coefficient (Wildman–Crippen LogP) is 5.67. The number of carbonyl (C=O) groups excluding carboxylic acids is 2. The minimum Gasteiger partial charge on any atom is -0.354 e. The van der Waals surface area contributed by atoms with Crippen LogP contribution in [0.15, 0.2) is 53.0 Å². The van der Waals surface area contributed by atoms with E-state index in [1.165, 1.54) is 0 Å². The third-order valence-electron chi connectivity index (χ3n) is 4.61. The van der Waals surface area contributed by atoms with Crippen LogP contribution in [0, 0.1) is 0 Å². The topological polar surface area (TPSA) is 49.4 Å². The molecule has 0 unspecified atom stereocenters. The van der Waals surface area contributed by atoms with Gasteiger partial charge in [0, 0.05) is 28.3 Å². The molecule has 0 fully saturated rings. The fourth-order valence-electron chi connectivity index (χ4n) is 2.99. The number of nitrogens with one attached hydrogen (secondary N) is 1. The van der Waals surface area contributed by atoms with Gasteiger partial charge in [0.05, 0.1) is 5.75 Å². The minimum atomic E-state index is -0.493. The standard InChI is InChI=1S/C23H28BrClN2O2S/c1-3-13-26-23(29)21(4-2)27(14-17-7-11-20(25)12-8-17)22(28)16-30-15-18-5-9-19(24)10-6-18/h5-12,21H,3-4,13-16H2,1-2H3,(H,26,29)/t21-/m1/s1. The summed E-state index contributed by atoms with van der Waals surface area (Å²) in [6.45, 7) is 4.94. The van der Waals surface area contributed by atoms with Gasteiger partial charge in [-0.1, -0.05) is 65.6 Å². The first-order valence-corrected chi connectivity index (χ1v) is 12.4. The molecule has 7 heteroatoms. The van der Waals surface area contributed by atoms with Crippen molar-refractivity contribution in [3.8, 4) is 0 Å². The molecule has 0 radical (unpaired) electrons. The zero-order chi connectivity index (χ0) is 21.9. The van der Waals surface area contributed by atoms with Gasteiger partial charge in [0.2, 0.25) is 11.8 Å². The average Bonchev–Trinajstić information content (AvgIpc) is 2.74. The van der Waals surface area contributed by atoms with E-state index in [1.807, 2.05) is 50.2 Å². The molecule has 2 amide bonds. The average molecular weight is 512 g/mol. The molecule has 0 aliphatic carbocycles. The molecular weight excluding hydrogens is 484 g/mol.